The van der Waals surface area contributed by atoms with E-state index in [1.807, 2.05) is 13.8 Å². The summed E-state index contributed by atoms with van der Waals surface area (Å²) >= 11 is 0. The first-order valence-corrected chi connectivity index (χ1v) is 11.1. The highest BCUT2D eigenvalue weighted by Crippen LogP contribution is 2.22. The van der Waals surface area contributed by atoms with Crippen LogP contribution in [0.15, 0.2) is 29.4 Å². The maximum absolute atomic E-state index is 12.9. The second-order valence-corrected chi connectivity index (χ2v) is 8.29. The molecule has 36 heavy (non-hydrogen) atoms. The van der Waals surface area contributed by atoms with Gasteiger partial charge in [0.2, 0.25) is 5.91 Å². The van der Waals surface area contributed by atoms with E-state index in [-0.39, 0.29) is 31.8 Å². The fourth-order valence-electron chi connectivity index (χ4n) is 3.05. The lowest BCUT2D eigenvalue weighted by atomic mass is 10.0. The molecule has 0 radical (unpaired) electrons. The van der Waals surface area contributed by atoms with Crippen molar-refractivity contribution in [3.63, 3.8) is 0 Å². The summed E-state index contributed by atoms with van der Waals surface area (Å²) in [5.74, 6) is -2.31. The van der Waals surface area contributed by atoms with Gasteiger partial charge in [-0.1, -0.05) is 26.0 Å². The Kier molecular flexibility index (Phi) is 12.4. The minimum Gasteiger partial charge on any atom is -0.480 e. The summed E-state index contributed by atoms with van der Waals surface area (Å²) in [5, 5.41) is 29.7. The number of carboxylic acid groups (broad SMARTS) is 1. The zero-order valence-electron chi connectivity index (χ0n) is 19.9. The number of carboxylic acids is 1. The molecule has 6 N–H and O–H groups in total. The zero-order chi connectivity index (χ0) is 27.3. The Balaban J connectivity index is 2.82. The van der Waals surface area contributed by atoms with Crippen molar-refractivity contribution in [1.82, 2.24) is 16.0 Å². The molecule has 0 saturated carbocycles. The molecule has 0 aliphatic heterocycles. The number of ether oxygens (including phenoxy) is 1. The zero-order valence-corrected chi connectivity index (χ0v) is 19.9. The van der Waals surface area contributed by atoms with E-state index in [0.29, 0.717) is 18.4 Å². The molecule has 0 fully saturated rings. The third kappa shape index (κ3) is 13.3. The van der Waals surface area contributed by atoms with Crippen molar-refractivity contribution < 1.29 is 37.6 Å². The number of amides is 1. The largest absolute Gasteiger partial charge is 0.573 e. The molecule has 0 aliphatic carbocycles. The van der Waals surface area contributed by atoms with Crippen LogP contribution in [0.1, 0.15) is 45.1 Å². The summed E-state index contributed by atoms with van der Waals surface area (Å²) in [6.45, 7) is 4.09. The molecule has 1 amide bonds. The van der Waals surface area contributed by atoms with Crippen LogP contribution >= 0.6 is 0 Å². The topological polar surface area (TPSA) is 181 Å². The number of nitro groups is 1. The molecule has 12 nitrogen and oxygen atoms in total. The first-order chi connectivity index (χ1) is 16.8. The first-order valence-electron chi connectivity index (χ1n) is 11.1. The minimum atomic E-state index is -4.82. The number of alkyl halides is 3. The number of nitrogens with two attached hydrogens (primary N) is 1. The summed E-state index contributed by atoms with van der Waals surface area (Å²) in [6, 6.07) is 3.08. The Morgan fingerprint density at radius 1 is 1.17 bits per heavy atom. The number of carbonyl (C=O) groups excluding carboxylic acids is 1. The number of halogens is 3. The van der Waals surface area contributed by atoms with Crippen LogP contribution in [0.3, 0.4) is 0 Å². The Morgan fingerprint density at radius 3 is 2.33 bits per heavy atom. The number of hydrogen-bond donors (Lipinski definition) is 5. The predicted molar refractivity (Wildman–Crippen MR) is 123 cm³/mol. The molecule has 15 heteroatoms. The number of benzene rings is 1. The van der Waals surface area contributed by atoms with E-state index in [9.17, 15) is 38.0 Å². The molecule has 0 aliphatic rings. The van der Waals surface area contributed by atoms with Crippen molar-refractivity contribution in [3.8, 4) is 5.75 Å². The van der Waals surface area contributed by atoms with Gasteiger partial charge in [0, 0.05) is 13.1 Å². The lowest BCUT2D eigenvalue weighted by molar-refractivity contribution is -0.485. The van der Waals surface area contributed by atoms with Crippen LogP contribution < -0.4 is 26.4 Å². The Hall–Kier alpha value is -3.62. The number of hydrogen-bond acceptors (Lipinski definition) is 6. The van der Waals surface area contributed by atoms with Crippen LogP contribution in [0.25, 0.3) is 0 Å². The number of hydrazone groups is 1. The molecule has 0 heterocycles. The average Bonchev–Trinajstić information content (AvgIpc) is 2.75. The Morgan fingerprint density at radius 2 is 1.81 bits per heavy atom. The molecule has 1 aromatic rings. The van der Waals surface area contributed by atoms with E-state index in [2.05, 4.69) is 25.8 Å². The normalized spacial score (nSPS) is 13.7. The molecule has 0 unspecified atom stereocenters. The summed E-state index contributed by atoms with van der Waals surface area (Å²) in [6.07, 6.45) is -3.50. The number of nitrogens with one attached hydrogen (secondary N) is 3. The van der Waals surface area contributed by atoms with Gasteiger partial charge >= 0.3 is 12.3 Å². The highest BCUT2D eigenvalue weighted by Gasteiger charge is 2.31. The summed E-state index contributed by atoms with van der Waals surface area (Å²) in [4.78, 5) is 34.8. The van der Waals surface area contributed by atoms with Crippen molar-refractivity contribution in [2.24, 2.45) is 16.8 Å². The minimum absolute atomic E-state index is 0.0897. The maximum Gasteiger partial charge on any atom is 0.573 e. The van der Waals surface area contributed by atoms with Crippen molar-refractivity contribution in [2.45, 2.75) is 64.5 Å². The van der Waals surface area contributed by atoms with Gasteiger partial charge < -0.3 is 31.5 Å². The lowest BCUT2D eigenvalue weighted by Gasteiger charge is -2.22. The number of guanidine groups is 1. The number of aliphatic carboxylic acids is 1. The van der Waals surface area contributed by atoms with Crippen molar-refractivity contribution >= 4 is 17.8 Å². The smallest absolute Gasteiger partial charge is 0.480 e. The fraction of sp³-hybridized carbons (Fsp3) is 0.571. The first kappa shape index (κ1) is 30.4. The van der Waals surface area contributed by atoms with Gasteiger partial charge in [0.1, 0.15) is 16.9 Å². The van der Waals surface area contributed by atoms with E-state index < -0.39 is 47.1 Å². The monoisotopic (exact) mass is 520 g/mol. The average molecular weight is 521 g/mol. The van der Waals surface area contributed by atoms with Gasteiger partial charge in [-0.3, -0.25) is 4.79 Å². The molecule has 0 aromatic heterocycles. The second-order valence-electron chi connectivity index (χ2n) is 8.29. The molecular formula is C21H31F3N6O6. The van der Waals surface area contributed by atoms with Crippen LogP contribution in [0.4, 0.5) is 13.2 Å². The van der Waals surface area contributed by atoms with Gasteiger partial charge in [0.25, 0.3) is 5.96 Å². The number of rotatable bonds is 15. The summed E-state index contributed by atoms with van der Waals surface area (Å²) < 4.78 is 40.8. The molecule has 2 atom stereocenters. The molecule has 0 bridgehead atoms. The van der Waals surface area contributed by atoms with Gasteiger partial charge in [0.05, 0.1) is 6.04 Å². The Bertz CT molecular complexity index is 895. The molecule has 1 rings (SSSR count). The second kappa shape index (κ2) is 14.7. The summed E-state index contributed by atoms with van der Waals surface area (Å²) in [5.41, 5.74) is 5.90. The van der Waals surface area contributed by atoms with E-state index in [0.717, 1.165) is 12.1 Å². The van der Waals surface area contributed by atoms with Crippen LogP contribution in [0.5, 0.6) is 5.75 Å². The van der Waals surface area contributed by atoms with Crippen molar-refractivity contribution in [2.75, 3.05) is 6.54 Å². The van der Waals surface area contributed by atoms with Gasteiger partial charge in [0.15, 0.2) is 5.03 Å². The molecule has 0 spiro atoms. The van der Waals surface area contributed by atoms with E-state index in [1.54, 1.807) is 0 Å². The fourth-order valence-corrected chi connectivity index (χ4v) is 3.05. The Labute approximate surface area is 205 Å². The predicted octanol–water partition coefficient (Wildman–Crippen LogP) is 1.93. The SMILES string of the molecule is CC(C)CC[C@H](NC(=O)[C@H](CCCN/C(N)=N\[N+](=O)[O-])NCc1ccc(OC(F)(F)F)cc1)C(=O)O. The van der Waals surface area contributed by atoms with Crippen LogP contribution in [-0.2, 0) is 16.1 Å². The van der Waals surface area contributed by atoms with Crippen LogP contribution in [0.2, 0.25) is 0 Å². The lowest BCUT2D eigenvalue weighted by Crippen LogP contribution is -2.50. The molecule has 1 aromatic carbocycles. The molecular weight excluding hydrogens is 489 g/mol. The third-order valence-electron chi connectivity index (χ3n) is 4.84. The maximum atomic E-state index is 12.9. The number of carbonyl (C=O) groups is 2. The highest BCUT2D eigenvalue weighted by molar-refractivity contribution is 5.86. The third-order valence-corrected chi connectivity index (χ3v) is 4.84. The quantitative estimate of drug-likeness (QED) is 0.0759. The van der Waals surface area contributed by atoms with Crippen molar-refractivity contribution in [3.05, 3.63) is 39.9 Å². The standard InChI is InChI=1S/C21H31F3N6O6/c1-13(2)5-10-17(19(32)33)28-18(31)16(4-3-11-26-20(25)29-30(34)35)27-12-14-6-8-15(9-7-14)36-21(22,23)24/h6-9,13,16-17,27H,3-5,10-12H2,1-2H3,(H,28,31)(H,32,33)(H3,25,26,29)/t16-,17-/m0/s1. The van der Waals surface area contributed by atoms with Gasteiger partial charge in [-0.25, -0.2) is 14.9 Å². The van der Waals surface area contributed by atoms with Crippen LogP contribution in [-0.4, -0.2) is 53.0 Å². The van der Waals surface area contributed by atoms with E-state index in [4.69, 9.17) is 5.73 Å². The van der Waals surface area contributed by atoms with Gasteiger partial charge in [-0.05, 0) is 49.3 Å². The van der Waals surface area contributed by atoms with E-state index >= 15 is 0 Å². The van der Waals surface area contributed by atoms with Gasteiger partial charge in [-0.15, -0.1) is 13.2 Å². The number of nitrogens with zero attached hydrogens (tertiary/aromatic N) is 2. The van der Waals surface area contributed by atoms with Crippen LogP contribution in [0, 0.1) is 16.0 Å². The highest BCUT2D eigenvalue weighted by atomic mass is 19.4. The molecule has 0 saturated heterocycles. The van der Waals surface area contributed by atoms with E-state index in [1.165, 1.54) is 12.1 Å². The van der Waals surface area contributed by atoms with Gasteiger partial charge in [-0.2, -0.15) is 0 Å². The molecule has 202 valence electrons. The summed E-state index contributed by atoms with van der Waals surface area (Å²) in [7, 11) is 0. The van der Waals surface area contributed by atoms with Crippen molar-refractivity contribution in [1.29, 1.82) is 0 Å².